The first-order valence-electron chi connectivity index (χ1n) is 6.56. The van der Waals surface area contributed by atoms with Gasteiger partial charge in [0, 0.05) is 19.7 Å². The number of ether oxygens (including phenoxy) is 1. The molecule has 0 spiro atoms. The van der Waals surface area contributed by atoms with Crippen LogP contribution in [0, 0.1) is 5.92 Å². The standard InChI is InChI=1S/C13H27NO/c1-4-8-14-9-5-13(6-10-14)15-11-7-12(2)3/h12-13H,4-11H2,1-3H3. The highest BCUT2D eigenvalue weighted by Gasteiger charge is 2.18. The molecule has 0 aromatic carbocycles. The van der Waals surface area contributed by atoms with Crippen LogP contribution in [-0.2, 0) is 4.74 Å². The summed E-state index contributed by atoms with van der Waals surface area (Å²) in [5, 5.41) is 0. The summed E-state index contributed by atoms with van der Waals surface area (Å²) >= 11 is 0. The zero-order valence-electron chi connectivity index (χ0n) is 10.7. The smallest absolute Gasteiger partial charge is 0.0599 e. The Labute approximate surface area is 95.0 Å². The van der Waals surface area contributed by atoms with Crippen LogP contribution in [0.2, 0.25) is 0 Å². The highest BCUT2D eigenvalue weighted by atomic mass is 16.5. The molecule has 0 unspecified atom stereocenters. The van der Waals surface area contributed by atoms with Crippen LogP contribution in [-0.4, -0.2) is 37.2 Å². The number of piperidine rings is 1. The third-order valence-electron chi connectivity index (χ3n) is 3.12. The molecule has 0 atom stereocenters. The topological polar surface area (TPSA) is 12.5 Å². The van der Waals surface area contributed by atoms with Crippen LogP contribution >= 0.6 is 0 Å². The zero-order valence-corrected chi connectivity index (χ0v) is 10.7. The van der Waals surface area contributed by atoms with Crippen molar-refractivity contribution in [1.82, 2.24) is 4.90 Å². The fourth-order valence-corrected chi connectivity index (χ4v) is 2.09. The Balaban J connectivity index is 2.04. The van der Waals surface area contributed by atoms with E-state index in [-0.39, 0.29) is 0 Å². The summed E-state index contributed by atoms with van der Waals surface area (Å²) in [6.45, 7) is 11.5. The summed E-state index contributed by atoms with van der Waals surface area (Å²) in [6.07, 6.45) is 5.49. The van der Waals surface area contributed by atoms with E-state index in [0.717, 1.165) is 12.5 Å². The van der Waals surface area contributed by atoms with Crippen molar-refractivity contribution in [3.63, 3.8) is 0 Å². The lowest BCUT2D eigenvalue weighted by Crippen LogP contribution is -2.37. The van der Waals surface area contributed by atoms with Gasteiger partial charge < -0.3 is 9.64 Å². The maximum atomic E-state index is 5.89. The lowest BCUT2D eigenvalue weighted by molar-refractivity contribution is 0.00333. The molecule has 1 fully saturated rings. The number of hydrogen-bond donors (Lipinski definition) is 0. The second-order valence-electron chi connectivity index (χ2n) is 5.09. The highest BCUT2D eigenvalue weighted by Crippen LogP contribution is 2.14. The van der Waals surface area contributed by atoms with Crippen LogP contribution in [0.25, 0.3) is 0 Å². The molecule has 0 aliphatic carbocycles. The monoisotopic (exact) mass is 213 g/mol. The highest BCUT2D eigenvalue weighted by molar-refractivity contribution is 4.72. The molecule has 1 rings (SSSR count). The molecule has 0 bridgehead atoms. The van der Waals surface area contributed by atoms with Gasteiger partial charge in [0.25, 0.3) is 0 Å². The minimum Gasteiger partial charge on any atom is -0.378 e. The maximum absolute atomic E-state index is 5.89. The average Bonchev–Trinajstić information content (AvgIpc) is 2.20. The minimum absolute atomic E-state index is 0.539. The van der Waals surface area contributed by atoms with E-state index in [1.807, 2.05) is 0 Å². The Hall–Kier alpha value is -0.0800. The molecule has 0 radical (unpaired) electrons. The molecule has 0 saturated carbocycles. The molecule has 1 heterocycles. The van der Waals surface area contributed by atoms with Gasteiger partial charge in [0.2, 0.25) is 0 Å². The van der Waals surface area contributed by atoms with Crippen molar-refractivity contribution < 1.29 is 4.74 Å². The van der Waals surface area contributed by atoms with Crippen molar-refractivity contribution >= 4 is 0 Å². The van der Waals surface area contributed by atoms with Gasteiger partial charge in [-0.15, -0.1) is 0 Å². The van der Waals surface area contributed by atoms with Crippen molar-refractivity contribution in [2.75, 3.05) is 26.2 Å². The summed E-state index contributed by atoms with van der Waals surface area (Å²) in [6, 6.07) is 0. The molecule has 0 amide bonds. The first-order chi connectivity index (χ1) is 7.22. The molecule has 0 aromatic rings. The minimum atomic E-state index is 0.539. The summed E-state index contributed by atoms with van der Waals surface area (Å²) in [4.78, 5) is 2.56. The number of hydrogen-bond acceptors (Lipinski definition) is 2. The molecule has 0 N–H and O–H groups in total. The Kier molecular flexibility index (Phi) is 6.26. The maximum Gasteiger partial charge on any atom is 0.0599 e. The number of likely N-dealkylation sites (tertiary alicyclic amines) is 1. The molecule has 2 heteroatoms. The number of nitrogens with zero attached hydrogens (tertiary/aromatic N) is 1. The van der Waals surface area contributed by atoms with E-state index in [2.05, 4.69) is 25.7 Å². The van der Waals surface area contributed by atoms with Crippen LogP contribution in [0.4, 0.5) is 0 Å². The van der Waals surface area contributed by atoms with E-state index in [4.69, 9.17) is 4.74 Å². The summed E-state index contributed by atoms with van der Waals surface area (Å²) in [5.41, 5.74) is 0. The lowest BCUT2D eigenvalue weighted by Gasteiger charge is -2.31. The fraction of sp³-hybridized carbons (Fsp3) is 1.00. The van der Waals surface area contributed by atoms with Crippen LogP contribution in [0.1, 0.15) is 46.5 Å². The Morgan fingerprint density at radius 1 is 1.27 bits per heavy atom. The molecule has 90 valence electrons. The molecular weight excluding hydrogens is 186 g/mol. The first kappa shape index (κ1) is 13.0. The van der Waals surface area contributed by atoms with Gasteiger partial charge in [-0.25, -0.2) is 0 Å². The molecule has 15 heavy (non-hydrogen) atoms. The summed E-state index contributed by atoms with van der Waals surface area (Å²) in [7, 11) is 0. The molecular formula is C13H27NO. The van der Waals surface area contributed by atoms with Gasteiger partial charge in [0.1, 0.15) is 0 Å². The summed E-state index contributed by atoms with van der Waals surface area (Å²) < 4.78 is 5.89. The lowest BCUT2D eigenvalue weighted by atomic mass is 10.1. The predicted octanol–water partition coefficient (Wildman–Crippen LogP) is 2.92. The van der Waals surface area contributed by atoms with Crippen molar-refractivity contribution in [3.05, 3.63) is 0 Å². The Morgan fingerprint density at radius 3 is 2.47 bits per heavy atom. The van der Waals surface area contributed by atoms with E-state index < -0.39 is 0 Å². The van der Waals surface area contributed by atoms with Crippen LogP contribution in [0.3, 0.4) is 0 Å². The normalized spacial score (nSPS) is 20.0. The average molecular weight is 213 g/mol. The summed E-state index contributed by atoms with van der Waals surface area (Å²) in [5.74, 6) is 0.769. The quantitative estimate of drug-likeness (QED) is 0.672. The first-order valence-corrected chi connectivity index (χ1v) is 6.56. The van der Waals surface area contributed by atoms with Gasteiger partial charge >= 0.3 is 0 Å². The predicted molar refractivity (Wildman–Crippen MR) is 65.2 cm³/mol. The second-order valence-corrected chi connectivity index (χ2v) is 5.09. The molecule has 1 saturated heterocycles. The third-order valence-corrected chi connectivity index (χ3v) is 3.12. The zero-order chi connectivity index (χ0) is 11.1. The van der Waals surface area contributed by atoms with Crippen molar-refractivity contribution in [3.8, 4) is 0 Å². The van der Waals surface area contributed by atoms with Gasteiger partial charge in [0.05, 0.1) is 6.10 Å². The molecule has 2 nitrogen and oxygen atoms in total. The fourth-order valence-electron chi connectivity index (χ4n) is 2.09. The third kappa shape index (κ3) is 5.53. The SMILES string of the molecule is CCCN1CCC(OCCC(C)C)CC1. The van der Waals surface area contributed by atoms with E-state index in [0.29, 0.717) is 6.10 Å². The van der Waals surface area contributed by atoms with Gasteiger partial charge in [-0.2, -0.15) is 0 Å². The molecule has 1 aliphatic heterocycles. The van der Waals surface area contributed by atoms with Gasteiger partial charge in [-0.05, 0) is 38.1 Å². The molecule has 0 aromatic heterocycles. The van der Waals surface area contributed by atoms with Crippen LogP contribution in [0.15, 0.2) is 0 Å². The van der Waals surface area contributed by atoms with Crippen LogP contribution in [0.5, 0.6) is 0 Å². The Bertz CT molecular complexity index is 151. The van der Waals surface area contributed by atoms with Gasteiger partial charge in [0.15, 0.2) is 0 Å². The van der Waals surface area contributed by atoms with E-state index in [1.54, 1.807) is 0 Å². The largest absolute Gasteiger partial charge is 0.378 e. The van der Waals surface area contributed by atoms with Crippen molar-refractivity contribution in [2.24, 2.45) is 5.92 Å². The van der Waals surface area contributed by atoms with Crippen molar-refractivity contribution in [2.45, 2.75) is 52.6 Å². The van der Waals surface area contributed by atoms with E-state index in [1.165, 1.54) is 45.3 Å². The van der Waals surface area contributed by atoms with E-state index >= 15 is 0 Å². The molecule has 1 aliphatic rings. The van der Waals surface area contributed by atoms with Crippen LogP contribution < -0.4 is 0 Å². The van der Waals surface area contributed by atoms with Gasteiger partial charge in [-0.3, -0.25) is 0 Å². The second kappa shape index (κ2) is 7.24. The van der Waals surface area contributed by atoms with Crippen molar-refractivity contribution in [1.29, 1.82) is 0 Å². The number of rotatable bonds is 6. The van der Waals surface area contributed by atoms with E-state index in [9.17, 15) is 0 Å². The van der Waals surface area contributed by atoms with Gasteiger partial charge in [-0.1, -0.05) is 20.8 Å². The Morgan fingerprint density at radius 2 is 1.93 bits per heavy atom.